The lowest BCUT2D eigenvalue weighted by atomic mass is 10.1. The van der Waals surface area contributed by atoms with Gasteiger partial charge in [0, 0.05) is 38.5 Å². The second-order valence-corrected chi connectivity index (χ2v) is 7.24. The Hall–Kier alpha value is -4.21. The molecule has 4 aromatic rings. The molecule has 4 rings (SSSR count). The minimum absolute atomic E-state index is 0.0782. The first-order chi connectivity index (χ1) is 15.3. The Morgan fingerprint density at radius 1 is 1.22 bits per heavy atom. The Labute approximate surface area is 183 Å². The number of nitrogens with zero attached hydrogens (tertiary/aromatic N) is 5. The average Bonchev–Trinajstić information content (AvgIpc) is 3.37. The molecule has 0 atom stereocenters. The van der Waals surface area contributed by atoms with Gasteiger partial charge in [-0.15, -0.1) is 0 Å². The summed E-state index contributed by atoms with van der Waals surface area (Å²) in [6.45, 7) is 4.22. The minimum Gasteiger partial charge on any atom is -0.461 e. The molecule has 2 amide bonds. The fourth-order valence-corrected chi connectivity index (χ4v) is 3.04. The van der Waals surface area contributed by atoms with Crippen LogP contribution in [-0.2, 0) is 7.05 Å². The zero-order valence-electron chi connectivity index (χ0n) is 18.1. The van der Waals surface area contributed by atoms with Crippen LogP contribution in [0.5, 0.6) is 11.5 Å². The number of furan rings is 1. The van der Waals surface area contributed by atoms with E-state index in [0.717, 1.165) is 0 Å². The molecule has 0 unspecified atom stereocenters. The first-order valence-electron chi connectivity index (χ1n) is 9.94. The maximum absolute atomic E-state index is 12.8. The summed E-state index contributed by atoms with van der Waals surface area (Å²) in [6.07, 6.45) is 4.57. The number of benzene rings is 1. The maximum Gasteiger partial charge on any atom is 0.291 e. The van der Waals surface area contributed by atoms with Crippen molar-refractivity contribution >= 4 is 28.6 Å². The number of ether oxygens (including phenoxy) is 1. The molecule has 0 bridgehead atoms. The van der Waals surface area contributed by atoms with Gasteiger partial charge in [0.1, 0.15) is 17.1 Å². The summed E-state index contributed by atoms with van der Waals surface area (Å²) in [4.78, 5) is 34.7. The molecule has 3 aromatic heterocycles. The summed E-state index contributed by atoms with van der Waals surface area (Å²) in [5.41, 5.74) is 0.841. The summed E-state index contributed by atoms with van der Waals surface area (Å²) >= 11 is 0. The Morgan fingerprint density at radius 2 is 1.97 bits per heavy atom. The van der Waals surface area contributed by atoms with Crippen LogP contribution in [0.2, 0.25) is 0 Å². The SMILES string of the molecule is CCN(C)C(=O)c1ncc(Oc2cc(C(=O)Nc3ccn(C)n3)cc3oc(C)cc23)cn1. The minimum atomic E-state index is -0.357. The lowest BCUT2D eigenvalue weighted by molar-refractivity contribution is 0.0790. The van der Waals surface area contributed by atoms with Gasteiger partial charge in [-0.25, -0.2) is 9.97 Å². The van der Waals surface area contributed by atoms with Crippen LogP contribution in [0.4, 0.5) is 5.82 Å². The zero-order chi connectivity index (χ0) is 22.8. The van der Waals surface area contributed by atoms with Crippen molar-refractivity contribution in [2.45, 2.75) is 13.8 Å². The van der Waals surface area contributed by atoms with Gasteiger partial charge in [0.25, 0.3) is 11.8 Å². The van der Waals surface area contributed by atoms with E-state index in [1.54, 1.807) is 43.2 Å². The van der Waals surface area contributed by atoms with Gasteiger partial charge in [-0.1, -0.05) is 0 Å². The monoisotopic (exact) mass is 434 g/mol. The Kier molecular flexibility index (Phi) is 5.59. The topological polar surface area (TPSA) is 115 Å². The molecule has 164 valence electrons. The summed E-state index contributed by atoms with van der Waals surface area (Å²) in [7, 11) is 3.44. The third-order valence-electron chi connectivity index (χ3n) is 4.81. The molecular weight excluding hydrogens is 412 g/mol. The Bertz CT molecular complexity index is 1290. The van der Waals surface area contributed by atoms with Crippen molar-refractivity contribution in [2.24, 2.45) is 7.05 Å². The number of aryl methyl sites for hydroxylation is 2. The second-order valence-electron chi connectivity index (χ2n) is 7.24. The van der Waals surface area contributed by atoms with Crippen molar-refractivity contribution in [1.82, 2.24) is 24.6 Å². The van der Waals surface area contributed by atoms with Crippen LogP contribution in [0.15, 0.2) is 47.3 Å². The lowest BCUT2D eigenvalue weighted by Crippen LogP contribution is -2.27. The molecule has 3 heterocycles. The molecule has 1 N–H and O–H groups in total. The van der Waals surface area contributed by atoms with Crippen molar-refractivity contribution in [3.05, 3.63) is 60.0 Å². The Morgan fingerprint density at radius 3 is 2.62 bits per heavy atom. The average molecular weight is 434 g/mol. The van der Waals surface area contributed by atoms with Gasteiger partial charge in [-0.2, -0.15) is 5.10 Å². The van der Waals surface area contributed by atoms with Crippen LogP contribution in [-0.4, -0.2) is 50.1 Å². The van der Waals surface area contributed by atoms with E-state index in [0.29, 0.717) is 46.2 Å². The van der Waals surface area contributed by atoms with E-state index >= 15 is 0 Å². The van der Waals surface area contributed by atoms with Gasteiger partial charge < -0.3 is 19.4 Å². The quantitative estimate of drug-likeness (QED) is 0.494. The van der Waals surface area contributed by atoms with E-state index in [1.165, 1.54) is 17.3 Å². The highest BCUT2D eigenvalue weighted by Gasteiger charge is 2.17. The summed E-state index contributed by atoms with van der Waals surface area (Å²) in [5, 5.41) is 7.60. The molecule has 0 saturated carbocycles. The number of hydrogen-bond acceptors (Lipinski definition) is 7. The molecule has 0 spiro atoms. The van der Waals surface area contributed by atoms with E-state index in [-0.39, 0.29) is 17.6 Å². The summed E-state index contributed by atoms with van der Waals surface area (Å²) < 4.78 is 13.3. The Balaban J connectivity index is 1.63. The standard InChI is InChI=1S/C22H22N6O4/c1-5-27(3)22(30)20-23-11-15(12-24-20)32-18-10-14(9-17-16(18)8-13(2)31-17)21(29)25-19-6-7-28(4)26-19/h6-12H,5H2,1-4H3,(H,25,26,29). The van der Waals surface area contributed by atoms with Gasteiger partial charge in [0.05, 0.1) is 17.8 Å². The molecule has 0 saturated heterocycles. The number of hydrogen-bond donors (Lipinski definition) is 1. The molecule has 10 heteroatoms. The third kappa shape index (κ3) is 4.29. The molecule has 0 fully saturated rings. The highest BCUT2D eigenvalue weighted by molar-refractivity contribution is 6.06. The molecule has 0 radical (unpaired) electrons. The highest BCUT2D eigenvalue weighted by Crippen LogP contribution is 2.33. The molecule has 1 aromatic carbocycles. The van der Waals surface area contributed by atoms with Crippen LogP contribution in [0, 0.1) is 6.92 Å². The molecule has 0 aliphatic carbocycles. The molecule has 0 aliphatic rings. The van der Waals surface area contributed by atoms with E-state index in [4.69, 9.17) is 9.15 Å². The largest absolute Gasteiger partial charge is 0.461 e. The number of carbonyl (C=O) groups is 2. The number of aromatic nitrogens is 4. The molecule has 32 heavy (non-hydrogen) atoms. The van der Waals surface area contributed by atoms with Crippen LogP contribution in [0.25, 0.3) is 11.0 Å². The smallest absolute Gasteiger partial charge is 0.291 e. The van der Waals surface area contributed by atoms with E-state index in [9.17, 15) is 9.59 Å². The van der Waals surface area contributed by atoms with Gasteiger partial charge in [0.2, 0.25) is 5.82 Å². The molecule has 10 nitrogen and oxygen atoms in total. The fraction of sp³-hybridized carbons (Fsp3) is 0.227. The lowest BCUT2D eigenvalue weighted by Gasteiger charge is -2.13. The van der Waals surface area contributed by atoms with Gasteiger partial charge in [0.15, 0.2) is 11.6 Å². The number of rotatable bonds is 6. The first kappa shape index (κ1) is 21.0. The van der Waals surface area contributed by atoms with E-state index in [2.05, 4.69) is 20.4 Å². The van der Waals surface area contributed by atoms with Crippen LogP contribution >= 0.6 is 0 Å². The number of anilines is 1. The predicted octanol–water partition coefficient (Wildman–Crippen LogP) is 3.40. The van der Waals surface area contributed by atoms with Gasteiger partial charge >= 0.3 is 0 Å². The molecular formula is C22H22N6O4. The van der Waals surface area contributed by atoms with Gasteiger partial charge in [-0.05, 0) is 32.0 Å². The normalized spacial score (nSPS) is 10.9. The van der Waals surface area contributed by atoms with Crippen LogP contribution < -0.4 is 10.1 Å². The van der Waals surface area contributed by atoms with E-state index in [1.807, 2.05) is 19.9 Å². The number of amides is 2. The molecule has 0 aliphatic heterocycles. The number of fused-ring (bicyclic) bond motifs is 1. The fourth-order valence-electron chi connectivity index (χ4n) is 3.04. The maximum atomic E-state index is 12.8. The van der Waals surface area contributed by atoms with E-state index < -0.39 is 0 Å². The van der Waals surface area contributed by atoms with Gasteiger partial charge in [-0.3, -0.25) is 14.3 Å². The number of carbonyl (C=O) groups excluding carboxylic acids is 2. The van der Waals surface area contributed by atoms with Crippen LogP contribution in [0.3, 0.4) is 0 Å². The highest BCUT2D eigenvalue weighted by atomic mass is 16.5. The summed E-state index contributed by atoms with van der Waals surface area (Å²) in [5.74, 6) is 1.27. The van der Waals surface area contributed by atoms with Crippen molar-refractivity contribution in [1.29, 1.82) is 0 Å². The number of nitrogens with one attached hydrogen (secondary N) is 1. The first-order valence-corrected chi connectivity index (χ1v) is 9.94. The summed E-state index contributed by atoms with van der Waals surface area (Å²) in [6, 6.07) is 6.77. The third-order valence-corrected chi connectivity index (χ3v) is 4.81. The van der Waals surface area contributed by atoms with Crippen LogP contribution in [0.1, 0.15) is 33.7 Å². The second kappa shape index (κ2) is 8.50. The van der Waals surface area contributed by atoms with Crippen molar-refractivity contribution in [2.75, 3.05) is 18.9 Å². The van der Waals surface area contributed by atoms with Crippen molar-refractivity contribution in [3.8, 4) is 11.5 Å². The van der Waals surface area contributed by atoms with Crippen molar-refractivity contribution in [3.63, 3.8) is 0 Å². The predicted molar refractivity (Wildman–Crippen MR) is 117 cm³/mol. The zero-order valence-corrected chi connectivity index (χ0v) is 18.1. The van der Waals surface area contributed by atoms with Crippen molar-refractivity contribution < 1.29 is 18.7 Å².